The lowest BCUT2D eigenvalue weighted by molar-refractivity contribution is 0.117. The van der Waals surface area contributed by atoms with Gasteiger partial charge in [0, 0.05) is 18.6 Å². The number of aliphatic hydroxyl groups excluding tert-OH is 1. The molecule has 0 aromatic rings. The second-order valence-corrected chi connectivity index (χ2v) is 5.20. The Morgan fingerprint density at radius 1 is 1.47 bits per heavy atom. The second kappa shape index (κ2) is 5.83. The first-order valence-corrected chi connectivity index (χ1v) is 6.12. The minimum Gasteiger partial charge on any atom is -0.393 e. The third-order valence-corrected chi connectivity index (χ3v) is 3.58. The fourth-order valence-electron chi connectivity index (χ4n) is 2.30. The molecule has 0 saturated carbocycles. The molecule has 0 unspecified atom stereocenters. The van der Waals surface area contributed by atoms with E-state index in [1.54, 1.807) is 0 Å². The number of likely N-dealkylation sites (tertiary alicyclic amines) is 1. The monoisotopic (exact) mass is 214 g/mol. The van der Waals surface area contributed by atoms with Crippen molar-refractivity contribution in [1.29, 1.82) is 0 Å². The Morgan fingerprint density at radius 2 is 2.13 bits per heavy atom. The Morgan fingerprint density at radius 3 is 2.73 bits per heavy atom. The summed E-state index contributed by atoms with van der Waals surface area (Å²) in [6.45, 7) is 8.55. The lowest BCUT2D eigenvalue weighted by Crippen LogP contribution is -2.51. The van der Waals surface area contributed by atoms with Gasteiger partial charge in [-0.05, 0) is 46.2 Å². The van der Waals surface area contributed by atoms with Crippen molar-refractivity contribution in [2.75, 3.05) is 20.1 Å². The first-order valence-electron chi connectivity index (χ1n) is 6.12. The van der Waals surface area contributed by atoms with Gasteiger partial charge in [-0.3, -0.25) is 0 Å². The van der Waals surface area contributed by atoms with Crippen LogP contribution >= 0.6 is 0 Å². The van der Waals surface area contributed by atoms with E-state index >= 15 is 0 Å². The molecular weight excluding hydrogens is 188 g/mol. The number of hydrogen-bond acceptors (Lipinski definition) is 3. The number of piperidine rings is 1. The molecule has 3 heteroatoms. The molecule has 3 nitrogen and oxygen atoms in total. The van der Waals surface area contributed by atoms with Crippen LogP contribution in [0.3, 0.4) is 0 Å². The van der Waals surface area contributed by atoms with Crippen molar-refractivity contribution in [3.63, 3.8) is 0 Å². The lowest BCUT2D eigenvalue weighted by atomic mass is 9.90. The van der Waals surface area contributed by atoms with Crippen LogP contribution < -0.4 is 5.32 Å². The molecule has 4 atom stereocenters. The molecule has 1 aliphatic rings. The zero-order chi connectivity index (χ0) is 11.4. The molecule has 1 fully saturated rings. The van der Waals surface area contributed by atoms with Crippen molar-refractivity contribution in [2.45, 2.75) is 51.8 Å². The molecule has 0 aromatic carbocycles. The molecule has 0 aromatic heterocycles. The van der Waals surface area contributed by atoms with Gasteiger partial charge in [0.15, 0.2) is 0 Å². The van der Waals surface area contributed by atoms with Crippen LogP contribution in [0.25, 0.3) is 0 Å². The number of nitrogens with one attached hydrogen (secondary N) is 1. The standard InChI is InChI=1S/C12H26N2O/c1-9-8-14(4)10(2)7-12(9)13-6-5-11(3)15/h9-13,15H,5-8H2,1-4H3/t9-,10-,11-,12-/m1/s1. The predicted octanol–water partition coefficient (Wildman–Crippen LogP) is 1.08. The summed E-state index contributed by atoms with van der Waals surface area (Å²) in [6.07, 6.45) is 1.89. The summed E-state index contributed by atoms with van der Waals surface area (Å²) in [5.41, 5.74) is 0. The van der Waals surface area contributed by atoms with Gasteiger partial charge in [0.25, 0.3) is 0 Å². The van der Waals surface area contributed by atoms with Gasteiger partial charge in [0.1, 0.15) is 0 Å². The SMILES string of the molecule is C[C@@H]1CN(C)[C@H](C)C[C@H]1NCC[C@@H](C)O. The van der Waals surface area contributed by atoms with Gasteiger partial charge in [-0.1, -0.05) is 6.92 Å². The summed E-state index contributed by atoms with van der Waals surface area (Å²) < 4.78 is 0. The molecule has 0 aliphatic carbocycles. The van der Waals surface area contributed by atoms with E-state index in [2.05, 4.69) is 31.1 Å². The number of aliphatic hydroxyl groups is 1. The zero-order valence-electron chi connectivity index (χ0n) is 10.5. The molecule has 0 amide bonds. The maximum Gasteiger partial charge on any atom is 0.0524 e. The largest absolute Gasteiger partial charge is 0.393 e. The van der Waals surface area contributed by atoms with Crippen molar-refractivity contribution < 1.29 is 5.11 Å². The predicted molar refractivity (Wildman–Crippen MR) is 64.0 cm³/mol. The summed E-state index contributed by atoms with van der Waals surface area (Å²) in [5.74, 6) is 0.709. The maximum atomic E-state index is 9.19. The molecule has 0 bridgehead atoms. The van der Waals surface area contributed by atoms with Gasteiger partial charge in [0.2, 0.25) is 0 Å². The Labute approximate surface area is 93.9 Å². The first-order chi connectivity index (χ1) is 7.00. The van der Waals surface area contributed by atoms with E-state index in [9.17, 15) is 5.11 Å². The van der Waals surface area contributed by atoms with Gasteiger partial charge in [0.05, 0.1) is 6.10 Å². The van der Waals surface area contributed by atoms with Gasteiger partial charge in [-0.2, -0.15) is 0 Å². The second-order valence-electron chi connectivity index (χ2n) is 5.20. The average Bonchev–Trinajstić information content (AvgIpc) is 2.13. The fourth-order valence-corrected chi connectivity index (χ4v) is 2.30. The summed E-state index contributed by atoms with van der Waals surface area (Å²) >= 11 is 0. The van der Waals surface area contributed by atoms with E-state index in [-0.39, 0.29) is 6.10 Å². The zero-order valence-corrected chi connectivity index (χ0v) is 10.5. The van der Waals surface area contributed by atoms with Crippen LogP contribution in [-0.2, 0) is 0 Å². The van der Waals surface area contributed by atoms with Crippen LogP contribution in [0.4, 0.5) is 0 Å². The number of nitrogens with zero attached hydrogens (tertiary/aromatic N) is 1. The molecular formula is C12H26N2O. The van der Waals surface area contributed by atoms with E-state index in [1.165, 1.54) is 13.0 Å². The molecule has 1 rings (SSSR count). The Balaban J connectivity index is 2.28. The highest BCUT2D eigenvalue weighted by atomic mass is 16.3. The van der Waals surface area contributed by atoms with E-state index in [1.807, 2.05) is 6.92 Å². The van der Waals surface area contributed by atoms with Gasteiger partial charge < -0.3 is 15.3 Å². The molecule has 1 heterocycles. The van der Waals surface area contributed by atoms with Crippen molar-refractivity contribution in [2.24, 2.45) is 5.92 Å². The smallest absolute Gasteiger partial charge is 0.0524 e. The normalized spacial score (nSPS) is 35.4. The molecule has 2 N–H and O–H groups in total. The molecule has 0 spiro atoms. The van der Waals surface area contributed by atoms with Gasteiger partial charge in [-0.15, -0.1) is 0 Å². The van der Waals surface area contributed by atoms with Crippen molar-refractivity contribution in [3.8, 4) is 0 Å². The topological polar surface area (TPSA) is 35.5 Å². The van der Waals surface area contributed by atoms with E-state index in [4.69, 9.17) is 0 Å². The minimum absolute atomic E-state index is 0.184. The maximum absolute atomic E-state index is 9.19. The van der Waals surface area contributed by atoms with Crippen LogP contribution in [0.5, 0.6) is 0 Å². The van der Waals surface area contributed by atoms with E-state index < -0.39 is 0 Å². The van der Waals surface area contributed by atoms with Gasteiger partial charge in [-0.25, -0.2) is 0 Å². The average molecular weight is 214 g/mol. The van der Waals surface area contributed by atoms with E-state index in [0.717, 1.165) is 13.0 Å². The van der Waals surface area contributed by atoms with Crippen LogP contribution in [0.2, 0.25) is 0 Å². The van der Waals surface area contributed by atoms with Crippen molar-refractivity contribution in [3.05, 3.63) is 0 Å². The summed E-state index contributed by atoms with van der Waals surface area (Å²) in [7, 11) is 2.20. The Hall–Kier alpha value is -0.120. The minimum atomic E-state index is -0.184. The summed E-state index contributed by atoms with van der Waals surface area (Å²) in [4.78, 5) is 2.43. The highest BCUT2D eigenvalue weighted by Crippen LogP contribution is 2.20. The highest BCUT2D eigenvalue weighted by molar-refractivity contribution is 4.85. The first kappa shape index (κ1) is 12.9. The van der Waals surface area contributed by atoms with Gasteiger partial charge >= 0.3 is 0 Å². The molecule has 1 aliphatic heterocycles. The third-order valence-electron chi connectivity index (χ3n) is 3.58. The summed E-state index contributed by atoms with van der Waals surface area (Å²) in [5, 5.41) is 12.8. The quantitative estimate of drug-likeness (QED) is 0.735. The number of rotatable bonds is 4. The van der Waals surface area contributed by atoms with Crippen LogP contribution in [0.1, 0.15) is 33.6 Å². The van der Waals surface area contributed by atoms with Crippen LogP contribution in [0, 0.1) is 5.92 Å². The highest BCUT2D eigenvalue weighted by Gasteiger charge is 2.28. The molecule has 0 radical (unpaired) electrons. The Bertz CT molecular complexity index is 184. The Kier molecular flexibility index (Phi) is 5.03. The van der Waals surface area contributed by atoms with Crippen molar-refractivity contribution >= 4 is 0 Å². The number of hydrogen-bond donors (Lipinski definition) is 2. The fraction of sp³-hybridized carbons (Fsp3) is 1.00. The summed E-state index contributed by atoms with van der Waals surface area (Å²) in [6, 6.07) is 1.29. The molecule has 90 valence electrons. The van der Waals surface area contributed by atoms with Crippen molar-refractivity contribution in [1.82, 2.24) is 10.2 Å². The molecule has 1 saturated heterocycles. The molecule has 15 heavy (non-hydrogen) atoms. The van der Waals surface area contributed by atoms with E-state index in [0.29, 0.717) is 18.0 Å². The lowest BCUT2D eigenvalue weighted by Gasteiger charge is -2.40. The third kappa shape index (κ3) is 4.09. The van der Waals surface area contributed by atoms with Crippen LogP contribution in [-0.4, -0.2) is 48.3 Å². The van der Waals surface area contributed by atoms with Crippen LogP contribution in [0.15, 0.2) is 0 Å².